The molecule has 19 heavy (non-hydrogen) atoms. The Morgan fingerprint density at radius 3 is 2.84 bits per heavy atom. The summed E-state index contributed by atoms with van der Waals surface area (Å²) in [5.41, 5.74) is 0.793. The lowest BCUT2D eigenvalue weighted by atomic mass is 10.0. The fourth-order valence-corrected chi connectivity index (χ4v) is 2.17. The maximum Gasteiger partial charge on any atom is 0.255 e. The van der Waals surface area contributed by atoms with Crippen LogP contribution >= 0.6 is 11.6 Å². The summed E-state index contributed by atoms with van der Waals surface area (Å²) in [4.78, 5) is 8.17. The molecule has 0 fully saturated rings. The summed E-state index contributed by atoms with van der Waals surface area (Å²) in [7, 11) is 0. The second kappa shape index (κ2) is 5.71. The fourth-order valence-electron chi connectivity index (χ4n) is 2.01. The second-order valence-corrected chi connectivity index (χ2v) is 5.36. The molecule has 1 atom stereocenters. The van der Waals surface area contributed by atoms with Crippen molar-refractivity contribution >= 4 is 23.2 Å². The SMILES string of the molecule is Cc1c(Cl)nc2ncnn2c1NC(CO)CC(C)C. The molecule has 0 aliphatic heterocycles. The molecule has 104 valence electrons. The molecule has 0 aromatic carbocycles. The van der Waals surface area contributed by atoms with E-state index in [9.17, 15) is 5.11 Å². The molecule has 0 amide bonds. The molecule has 0 aliphatic carbocycles. The molecule has 0 saturated heterocycles. The summed E-state index contributed by atoms with van der Waals surface area (Å²) >= 11 is 6.09. The van der Waals surface area contributed by atoms with E-state index in [1.165, 1.54) is 6.33 Å². The lowest BCUT2D eigenvalue weighted by Gasteiger charge is -2.21. The number of aromatic nitrogens is 4. The summed E-state index contributed by atoms with van der Waals surface area (Å²) in [6.45, 7) is 6.14. The van der Waals surface area contributed by atoms with Crippen molar-refractivity contribution in [3.63, 3.8) is 0 Å². The van der Waals surface area contributed by atoms with Crippen LogP contribution in [0.25, 0.3) is 5.78 Å². The van der Waals surface area contributed by atoms with Crippen LogP contribution in [0.15, 0.2) is 6.33 Å². The Kier molecular flexibility index (Phi) is 4.21. The van der Waals surface area contributed by atoms with E-state index in [2.05, 4.69) is 34.2 Å². The average molecular weight is 284 g/mol. The lowest BCUT2D eigenvalue weighted by Crippen LogP contribution is -2.27. The third-order valence-corrected chi connectivity index (χ3v) is 3.29. The van der Waals surface area contributed by atoms with E-state index < -0.39 is 0 Å². The number of nitrogens with one attached hydrogen (secondary N) is 1. The normalized spacial score (nSPS) is 13.2. The van der Waals surface area contributed by atoms with E-state index in [0.717, 1.165) is 17.8 Å². The van der Waals surface area contributed by atoms with Crippen LogP contribution in [0.3, 0.4) is 0 Å². The van der Waals surface area contributed by atoms with Crippen molar-refractivity contribution in [2.45, 2.75) is 33.2 Å². The van der Waals surface area contributed by atoms with E-state index in [-0.39, 0.29) is 12.6 Å². The van der Waals surface area contributed by atoms with E-state index in [1.807, 2.05) is 6.92 Å². The summed E-state index contributed by atoms with van der Waals surface area (Å²) in [5.74, 6) is 1.65. The molecule has 2 heterocycles. The first-order chi connectivity index (χ1) is 9.02. The number of nitrogens with zero attached hydrogens (tertiary/aromatic N) is 4. The van der Waals surface area contributed by atoms with Crippen LogP contribution < -0.4 is 5.32 Å². The highest BCUT2D eigenvalue weighted by Gasteiger charge is 2.16. The zero-order valence-electron chi connectivity index (χ0n) is 11.3. The maximum absolute atomic E-state index is 9.46. The minimum atomic E-state index is -0.0513. The van der Waals surface area contributed by atoms with Crippen molar-refractivity contribution in [3.8, 4) is 0 Å². The van der Waals surface area contributed by atoms with Crippen molar-refractivity contribution in [1.82, 2.24) is 19.6 Å². The standard InChI is InChI=1S/C12H18ClN5O/c1-7(2)4-9(5-19)16-11-8(3)10(13)17-12-14-6-15-18(11)12/h6-7,9,16,19H,4-5H2,1-3H3. The third kappa shape index (κ3) is 2.96. The number of aliphatic hydroxyl groups excluding tert-OH is 1. The zero-order valence-corrected chi connectivity index (χ0v) is 12.0. The van der Waals surface area contributed by atoms with Crippen LogP contribution in [-0.4, -0.2) is 37.3 Å². The molecule has 0 bridgehead atoms. The van der Waals surface area contributed by atoms with Crippen LogP contribution in [0, 0.1) is 12.8 Å². The Hall–Kier alpha value is -1.40. The number of rotatable bonds is 5. The molecule has 0 saturated carbocycles. The number of anilines is 1. The Morgan fingerprint density at radius 2 is 2.21 bits per heavy atom. The van der Waals surface area contributed by atoms with Gasteiger partial charge in [0.15, 0.2) is 0 Å². The molecule has 2 rings (SSSR count). The highest BCUT2D eigenvalue weighted by Crippen LogP contribution is 2.23. The third-order valence-electron chi connectivity index (χ3n) is 2.92. The summed E-state index contributed by atoms with van der Waals surface area (Å²) in [6.07, 6.45) is 2.28. The van der Waals surface area contributed by atoms with E-state index in [0.29, 0.717) is 16.8 Å². The Morgan fingerprint density at radius 1 is 1.47 bits per heavy atom. The Balaban J connectivity index is 2.37. The molecule has 1 unspecified atom stereocenters. The number of aliphatic hydroxyl groups is 1. The quantitative estimate of drug-likeness (QED) is 0.820. The van der Waals surface area contributed by atoms with E-state index >= 15 is 0 Å². The van der Waals surface area contributed by atoms with Gasteiger partial charge in [0.25, 0.3) is 5.78 Å². The predicted octanol–water partition coefficient (Wildman–Crippen LogP) is 1.91. The van der Waals surface area contributed by atoms with Crippen molar-refractivity contribution in [1.29, 1.82) is 0 Å². The first-order valence-electron chi connectivity index (χ1n) is 6.26. The van der Waals surface area contributed by atoms with Gasteiger partial charge in [-0.15, -0.1) is 0 Å². The number of fused-ring (bicyclic) bond motifs is 1. The highest BCUT2D eigenvalue weighted by molar-refractivity contribution is 6.30. The second-order valence-electron chi connectivity index (χ2n) is 5.00. The smallest absolute Gasteiger partial charge is 0.255 e. The van der Waals surface area contributed by atoms with E-state index in [4.69, 9.17) is 11.6 Å². The van der Waals surface area contributed by atoms with Gasteiger partial charge in [-0.05, 0) is 19.3 Å². The molecule has 6 nitrogen and oxygen atoms in total. The predicted molar refractivity (Wildman–Crippen MR) is 74.5 cm³/mol. The van der Waals surface area contributed by atoms with Gasteiger partial charge >= 0.3 is 0 Å². The fraction of sp³-hybridized carbons (Fsp3) is 0.583. The molecular weight excluding hydrogens is 266 g/mol. The van der Waals surface area contributed by atoms with Gasteiger partial charge in [-0.1, -0.05) is 25.4 Å². The van der Waals surface area contributed by atoms with Crippen molar-refractivity contribution in [2.24, 2.45) is 5.92 Å². The average Bonchev–Trinajstić information content (AvgIpc) is 2.80. The van der Waals surface area contributed by atoms with E-state index in [1.54, 1.807) is 4.52 Å². The summed E-state index contributed by atoms with van der Waals surface area (Å²) < 4.78 is 1.60. The monoisotopic (exact) mass is 283 g/mol. The number of halogens is 1. The van der Waals surface area contributed by atoms with Crippen molar-refractivity contribution in [3.05, 3.63) is 17.0 Å². The van der Waals surface area contributed by atoms with Gasteiger partial charge in [0.1, 0.15) is 17.3 Å². The summed E-state index contributed by atoms with van der Waals surface area (Å²) in [6, 6.07) is -0.0513. The molecule has 0 radical (unpaired) electrons. The zero-order chi connectivity index (χ0) is 14.0. The molecule has 2 N–H and O–H groups in total. The van der Waals surface area contributed by atoms with Gasteiger partial charge in [-0.3, -0.25) is 0 Å². The first-order valence-corrected chi connectivity index (χ1v) is 6.64. The van der Waals surface area contributed by atoms with Crippen LogP contribution in [-0.2, 0) is 0 Å². The molecule has 7 heteroatoms. The minimum absolute atomic E-state index is 0.0494. The van der Waals surface area contributed by atoms with Gasteiger partial charge in [0.2, 0.25) is 0 Å². The minimum Gasteiger partial charge on any atom is -0.394 e. The highest BCUT2D eigenvalue weighted by atomic mass is 35.5. The van der Waals surface area contributed by atoms with Crippen LogP contribution in [0.1, 0.15) is 25.8 Å². The van der Waals surface area contributed by atoms with Crippen molar-refractivity contribution < 1.29 is 5.11 Å². The maximum atomic E-state index is 9.46. The van der Waals surface area contributed by atoms with Gasteiger partial charge in [0.05, 0.1) is 12.6 Å². The Labute approximate surface area is 116 Å². The molecule has 2 aromatic rings. The molecule has 0 spiro atoms. The van der Waals surface area contributed by atoms with Gasteiger partial charge in [0, 0.05) is 5.56 Å². The Bertz CT molecular complexity index is 568. The van der Waals surface area contributed by atoms with Crippen LogP contribution in [0.2, 0.25) is 5.15 Å². The van der Waals surface area contributed by atoms with Crippen molar-refractivity contribution in [2.75, 3.05) is 11.9 Å². The van der Waals surface area contributed by atoms with Gasteiger partial charge in [-0.25, -0.2) is 0 Å². The lowest BCUT2D eigenvalue weighted by molar-refractivity contribution is 0.259. The molecular formula is C12H18ClN5O. The van der Waals surface area contributed by atoms with Gasteiger partial charge in [-0.2, -0.15) is 19.6 Å². The van der Waals surface area contributed by atoms with Crippen LogP contribution in [0.5, 0.6) is 0 Å². The molecule has 2 aromatic heterocycles. The summed E-state index contributed by atoms with van der Waals surface area (Å²) in [5, 5.41) is 17.3. The van der Waals surface area contributed by atoms with Gasteiger partial charge < -0.3 is 10.4 Å². The largest absolute Gasteiger partial charge is 0.394 e. The number of hydrogen-bond donors (Lipinski definition) is 2. The first kappa shape index (κ1) is 14.0. The van der Waals surface area contributed by atoms with Crippen LogP contribution in [0.4, 0.5) is 5.82 Å². The number of hydrogen-bond acceptors (Lipinski definition) is 5. The molecule has 0 aliphatic rings. The topological polar surface area (TPSA) is 75.3 Å².